The molecule has 1 aliphatic rings. The Morgan fingerprint density at radius 3 is 2.45 bits per heavy atom. The van der Waals surface area contributed by atoms with E-state index in [0.29, 0.717) is 22.9 Å². The number of anilines is 2. The second-order valence-electron chi connectivity index (χ2n) is 6.93. The van der Waals surface area contributed by atoms with Crippen LogP contribution in [0, 0.1) is 18.3 Å². The summed E-state index contributed by atoms with van der Waals surface area (Å²) in [5.41, 5.74) is 4.79. The number of aromatic nitrogens is 2. The largest absolute Gasteiger partial charge is 0.503 e. The van der Waals surface area contributed by atoms with Crippen molar-refractivity contribution >= 4 is 17.1 Å². The molecular weight excluding hydrogens is 360 g/mol. The third kappa shape index (κ3) is 4.02. The standard InChI is InChI=1S/C24H20N4O/c1-16-7-11-18(12-8-16)21-22(29)24(26-20-13-9-17(15-25)10-14-20)28-23(27-21)19-5-3-2-4-6-19/h2-3,5,7-14,29H,4,6H2,1H3,(H,26,27,28). The van der Waals surface area contributed by atoms with Gasteiger partial charge in [0.25, 0.3) is 0 Å². The van der Waals surface area contributed by atoms with Crippen molar-refractivity contribution in [2.75, 3.05) is 5.32 Å². The summed E-state index contributed by atoms with van der Waals surface area (Å²) in [5.74, 6) is 0.929. The SMILES string of the molecule is Cc1ccc(-c2nc(C3=CC=CCC3)nc(Nc3ccc(C#N)cc3)c2O)cc1. The summed E-state index contributed by atoms with van der Waals surface area (Å²) in [6.07, 6.45) is 7.93. The first-order valence-corrected chi connectivity index (χ1v) is 9.45. The molecule has 1 aliphatic carbocycles. The lowest BCUT2D eigenvalue weighted by atomic mass is 10.0. The van der Waals surface area contributed by atoms with E-state index in [1.165, 1.54) is 0 Å². The van der Waals surface area contributed by atoms with E-state index < -0.39 is 0 Å². The Morgan fingerprint density at radius 2 is 1.79 bits per heavy atom. The van der Waals surface area contributed by atoms with Crippen molar-refractivity contribution in [1.29, 1.82) is 5.26 Å². The van der Waals surface area contributed by atoms with Gasteiger partial charge >= 0.3 is 0 Å². The zero-order valence-corrected chi connectivity index (χ0v) is 16.1. The van der Waals surface area contributed by atoms with E-state index >= 15 is 0 Å². The minimum Gasteiger partial charge on any atom is -0.503 e. The summed E-state index contributed by atoms with van der Waals surface area (Å²) in [6, 6.07) is 17.0. The molecule has 0 saturated carbocycles. The van der Waals surface area contributed by atoms with Crippen LogP contribution in [0.4, 0.5) is 11.5 Å². The molecule has 0 bridgehead atoms. The van der Waals surface area contributed by atoms with Gasteiger partial charge in [0.15, 0.2) is 17.4 Å². The first-order valence-electron chi connectivity index (χ1n) is 9.45. The van der Waals surface area contributed by atoms with Gasteiger partial charge in [-0.1, -0.05) is 48.1 Å². The number of nitriles is 1. The highest BCUT2D eigenvalue weighted by molar-refractivity contribution is 5.78. The molecule has 2 aromatic carbocycles. The zero-order chi connectivity index (χ0) is 20.2. The van der Waals surface area contributed by atoms with Crippen molar-refractivity contribution < 1.29 is 5.11 Å². The van der Waals surface area contributed by atoms with Crippen LogP contribution < -0.4 is 5.32 Å². The number of benzene rings is 2. The van der Waals surface area contributed by atoms with Gasteiger partial charge in [0.05, 0.1) is 11.6 Å². The maximum Gasteiger partial charge on any atom is 0.185 e. The fourth-order valence-corrected chi connectivity index (χ4v) is 3.15. The number of hydrogen-bond donors (Lipinski definition) is 2. The molecule has 5 nitrogen and oxygen atoms in total. The zero-order valence-electron chi connectivity index (χ0n) is 16.1. The molecule has 0 atom stereocenters. The molecule has 1 aromatic heterocycles. The van der Waals surface area contributed by atoms with E-state index in [2.05, 4.69) is 27.4 Å². The summed E-state index contributed by atoms with van der Waals surface area (Å²) in [7, 11) is 0. The molecule has 0 aliphatic heterocycles. The summed E-state index contributed by atoms with van der Waals surface area (Å²) in [5, 5.41) is 23.1. The van der Waals surface area contributed by atoms with E-state index in [4.69, 9.17) is 5.26 Å². The van der Waals surface area contributed by atoms with E-state index in [1.54, 1.807) is 24.3 Å². The van der Waals surface area contributed by atoms with Crippen molar-refractivity contribution in [3.63, 3.8) is 0 Å². The molecule has 29 heavy (non-hydrogen) atoms. The number of rotatable bonds is 4. The van der Waals surface area contributed by atoms with Gasteiger partial charge in [0, 0.05) is 11.3 Å². The van der Waals surface area contributed by atoms with Crippen LogP contribution in [0.1, 0.15) is 29.8 Å². The van der Waals surface area contributed by atoms with Gasteiger partial charge < -0.3 is 10.4 Å². The van der Waals surface area contributed by atoms with Gasteiger partial charge in [-0.2, -0.15) is 5.26 Å². The number of nitrogens with zero attached hydrogens (tertiary/aromatic N) is 3. The predicted octanol–water partition coefficient (Wildman–Crippen LogP) is 5.51. The number of aryl methyl sites for hydroxylation is 1. The lowest BCUT2D eigenvalue weighted by Gasteiger charge is -2.15. The van der Waals surface area contributed by atoms with Gasteiger partial charge in [0.2, 0.25) is 0 Å². The highest BCUT2D eigenvalue weighted by Crippen LogP contribution is 2.36. The Morgan fingerprint density at radius 1 is 1.03 bits per heavy atom. The first kappa shape index (κ1) is 18.5. The Balaban J connectivity index is 1.81. The lowest BCUT2D eigenvalue weighted by Crippen LogP contribution is -2.04. The maximum absolute atomic E-state index is 10.9. The van der Waals surface area contributed by atoms with Gasteiger partial charge in [0.1, 0.15) is 5.69 Å². The molecular formula is C24H20N4O. The fraction of sp³-hybridized carbons (Fsp3) is 0.125. The molecule has 0 spiro atoms. The van der Waals surface area contributed by atoms with Crippen LogP contribution in [0.25, 0.3) is 16.8 Å². The van der Waals surface area contributed by atoms with Crippen molar-refractivity contribution in [2.24, 2.45) is 0 Å². The van der Waals surface area contributed by atoms with Gasteiger partial charge in [-0.15, -0.1) is 0 Å². The molecule has 0 unspecified atom stereocenters. The van der Waals surface area contributed by atoms with Crippen LogP contribution >= 0.6 is 0 Å². The van der Waals surface area contributed by atoms with E-state index in [0.717, 1.165) is 35.2 Å². The summed E-state index contributed by atoms with van der Waals surface area (Å²) >= 11 is 0. The van der Waals surface area contributed by atoms with Crippen LogP contribution in [0.2, 0.25) is 0 Å². The summed E-state index contributed by atoms with van der Waals surface area (Å²) in [4.78, 5) is 9.28. The van der Waals surface area contributed by atoms with Gasteiger partial charge in [-0.25, -0.2) is 9.97 Å². The average molecular weight is 380 g/mol. The highest BCUT2D eigenvalue weighted by Gasteiger charge is 2.18. The van der Waals surface area contributed by atoms with Gasteiger partial charge in [-0.3, -0.25) is 0 Å². The normalized spacial score (nSPS) is 12.9. The Labute approximate surface area is 169 Å². The summed E-state index contributed by atoms with van der Waals surface area (Å²) < 4.78 is 0. The third-order valence-corrected chi connectivity index (χ3v) is 4.79. The quantitative estimate of drug-likeness (QED) is 0.624. The summed E-state index contributed by atoms with van der Waals surface area (Å²) in [6.45, 7) is 2.02. The molecule has 0 radical (unpaired) electrons. The van der Waals surface area contributed by atoms with Crippen LogP contribution in [0.5, 0.6) is 5.75 Å². The molecule has 5 heteroatoms. The van der Waals surface area contributed by atoms with Crippen molar-refractivity contribution in [3.8, 4) is 23.1 Å². The van der Waals surface area contributed by atoms with Crippen LogP contribution in [-0.2, 0) is 0 Å². The van der Waals surface area contributed by atoms with E-state index in [-0.39, 0.29) is 5.75 Å². The first-order chi connectivity index (χ1) is 14.1. The number of allylic oxidation sites excluding steroid dienone is 4. The van der Waals surface area contributed by atoms with Gasteiger partial charge in [-0.05, 0) is 49.6 Å². The second-order valence-corrected chi connectivity index (χ2v) is 6.93. The Kier molecular flexibility index (Phi) is 5.08. The Hall–Kier alpha value is -3.91. The monoisotopic (exact) mass is 380 g/mol. The molecule has 0 amide bonds. The third-order valence-electron chi connectivity index (χ3n) is 4.79. The lowest BCUT2D eigenvalue weighted by molar-refractivity contribution is 0.474. The number of nitrogens with one attached hydrogen (secondary N) is 1. The van der Waals surface area contributed by atoms with Crippen LogP contribution in [0.3, 0.4) is 0 Å². The highest BCUT2D eigenvalue weighted by atomic mass is 16.3. The second kappa shape index (κ2) is 7.99. The van der Waals surface area contributed by atoms with Crippen LogP contribution in [-0.4, -0.2) is 15.1 Å². The van der Waals surface area contributed by atoms with Crippen molar-refractivity contribution in [3.05, 3.63) is 83.7 Å². The Bertz CT molecular complexity index is 1140. The molecule has 2 N–H and O–H groups in total. The van der Waals surface area contributed by atoms with Crippen LogP contribution in [0.15, 0.2) is 66.8 Å². The number of aromatic hydroxyl groups is 1. The molecule has 0 saturated heterocycles. The molecule has 142 valence electrons. The van der Waals surface area contributed by atoms with Crippen molar-refractivity contribution in [1.82, 2.24) is 9.97 Å². The smallest absolute Gasteiger partial charge is 0.185 e. The fourth-order valence-electron chi connectivity index (χ4n) is 3.15. The average Bonchev–Trinajstić information content (AvgIpc) is 2.77. The molecule has 1 heterocycles. The number of hydrogen-bond acceptors (Lipinski definition) is 5. The predicted molar refractivity (Wildman–Crippen MR) is 115 cm³/mol. The topological polar surface area (TPSA) is 81.8 Å². The van der Waals surface area contributed by atoms with Crippen molar-refractivity contribution in [2.45, 2.75) is 19.8 Å². The van der Waals surface area contributed by atoms with E-state index in [9.17, 15) is 5.11 Å². The minimum absolute atomic E-state index is 0.00563. The molecule has 0 fully saturated rings. The minimum atomic E-state index is -0.00563. The maximum atomic E-state index is 10.9. The molecule has 4 rings (SSSR count). The van der Waals surface area contributed by atoms with E-state index in [1.807, 2.05) is 43.3 Å². The molecule has 3 aromatic rings.